The SMILES string of the molecule is Cc1c(Br)cccc1C(=O)N(CCN)CCc1ccccc1. The summed E-state index contributed by atoms with van der Waals surface area (Å²) < 4.78 is 0.953. The molecule has 1 amide bonds. The standard InChI is InChI=1S/C18H21BrN2O/c1-14-16(8-5-9-17(14)19)18(22)21(13-11-20)12-10-15-6-3-2-4-7-15/h2-9H,10-13,20H2,1H3. The summed E-state index contributed by atoms with van der Waals surface area (Å²) in [6, 6.07) is 15.9. The molecule has 0 bridgehead atoms. The maximum absolute atomic E-state index is 12.8. The molecule has 116 valence electrons. The third-order valence-corrected chi connectivity index (χ3v) is 4.56. The number of carbonyl (C=O) groups excluding carboxylic acids is 1. The summed E-state index contributed by atoms with van der Waals surface area (Å²) in [5.74, 6) is 0.0418. The van der Waals surface area contributed by atoms with Gasteiger partial charge < -0.3 is 10.6 Å². The van der Waals surface area contributed by atoms with Crippen molar-refractivity contribution in [2.45, 2.75) is 13.3 Å². The Morgan fingerprint density at radius 2 is 1.82 bits per heavy atom. The highest BCUT2D eigenvalue weighted by atomic mass is 79.9. The van der Waals surface area contributed by atoms with Gasteiger partial charge in [0.15, 0.2) is 0 Å². The molecule has 0 aliphatic rings. The Kier molecular flexibility index (Phi) is 6.16. The van der Waals surface area contributed by atoms with E-state index in [1.807, 2.05) is 48.2 Å². The van der Waals surface area contributed by atoms with E-state index in [1.165, 1.54) is 5.56 Å². The predicted octanol–water partition coefficient (Wildman–Crippen LogP) is 3.40. The molecule has 2 aromatic rings. The third-order valence-electron chi connectivity index (χ3n) is 3.70. The molecule has 0 aliphatic heterocycles. The topological polar surface area (TPSA) is 46.3 Å². The van der Waals surface area contributed by atoms with Crippen LogP contribution in [0.4, 0.5) is 0 Å². The minimum Gasteiger partial charge on any atom is -0.337 e. The summed E-state index contributed by atoms with van der Waals surface area (Å²) in [7, 11) is 0. The molecule has 2 aromatic carbocycles. The van der Waals surface area contributed by atoms with Gasteiger partial charge in [-0.05, 0) is 36.6 Å². The van der Waals surface area contributed by atoms with E-state index in [1.54, 1.807) is 0 Å². The quantitative estimate of drug-likeness (QED) is 0.857. The van der Waals surface area contributed by atoms with Crippen molar-refractivity contribution in [3.63, 3.8) is 0 Å². The Hall–Kier alpha value is -1.65. The highest BCUT2D eigenvalue weighted by molar-refractivity contribution is 9.10. The van der Waals surface area contributed by atoms with Crippen LogP contribution in [0.1, 0.15) is 21.5 Å². The van der Waals surface area contributed by atoms with Gasteiger partial charge in [-0.25, -0.2) is 0 Å². The summed E-state index contributed by atoms with van der Waals surface area (Å²) in [4.78, 5) is 14.6. The first-order chi connectivity index (χ1) is 10.6. The first-order valence-electron chi connectivity index (χ1n) is 7.42. The van der Waals surface area contributed by atoms with E-state index >= 15 is 0 Å². The lowest BCUT2D eigenvalue weighted by Crippen LogP contribution is -2.37. The molecule has 22 heavy (non-hydrogen) atoms. The molecule has 2 N–H and O–H groups in total. The second-order valence-corrected chi connectivity index (χ2v) is 6.08. The summed E-state index contributed by atoms with van der Waals surface area (Å²) in [6.45, 7) is 3.66. The van der Waals surface area contributed by atoms with E-state index in [9.17, 15) is 4.79 Å². The van der Waals surface area contributed by atoms with Crippen LogP contribution in [0.3, 0.4) is 0 Å². The van der Waals surface area contributed by atoms with Crippen LogP contribution < -0.4 is 5.73 Å². The Labute approximate surface area is 140 Å². The Morgan fingerprint density at radius 1 is 1.09 bits per heavy atom. The van der Waals surface area contributed by atoms with E-state index in [2.05, 4.69) is 28.1 Å². The van der Waals surface area contributed by atoms with Crippen LogP contribution in [0, 0.1) is 6.92 Å². The first-order valence-corrected chi connectivity index (χ1v) is 8.21. The van der Waals surface area contributed by atoms with Crippen LogP contribution in [0.5, 0.6) is 0 Å². The minimum atomic E-state index is 0.0418. The largest absolute Gasteiger partial charge is 0.337 e. The fraction of sp³-hybridized carbons (Fsp3) is 0.278. The molecule has 4 heteroatoms. The molecule has 0 saturated heterocycles. The van der Waals surface area contributed by atoms with Gasteiger partial charge in [-0.15, -0.1) is 0 Å². The summed E-state index contributed by atoms with van der Waals surface area (Å²) in [6.07, 6.45) is 0.833. The van der Waals surface area contributed by atoms with E-state index in [0.29, 0.717) is 19.6 Å². The molecular weight excluding hydrogens is 340 g/mol. The molecule has 0 heterocycles. The van der Waals surface area contributed by atoms with Crippen molar-refractivity contribution in [2.75, 3.05) is 19.6 Å². The van der Waals surface area contributed by atoms with Gasteiger partial charge in [0.05, 0.1) is 0 Å². The lowest BCUT2D eigenvalue weighted by molar-refractivity contribution is 0.0761. The molecule has 0 aliphatic carbocycles. The van der Waals surface area contributed by atoms with E-state index < -0.39 is 0 Å². The van der Waals surface area contributed by atoms with Crippen LogP contribution in [0.25, 0.3) is 0 Å². The maximum Gasteiger partial charge on any atom is 0.254 e. The molecule has 0 spiro atoms. The second kappa shape index (κ2) is 8.11. The van der Waals surface area contributed by atoms with Gasteiger partial charge in [-0.3, -0.25) is 4.79 Å². The third kappa shape index (κ3) is 4.18. The van der Waals surface area contributed by atoms with Gasteiger partial charge in [0.2, 0.25) is 0 Å². The van der Waals surface area contributed by atoms with Gasteiger partial charge >= 0.3 is 0 Å². The highest BCUT2D eigenvalue weighted by Crippen LogP contribution is 2.20. The van der Waals surface area contributed by atoms with Crippen molar-refractivity contribution in [2.24, 2.45) is 5.73 Å². The summed E-state index contributed by atoms with van der Waals surface area (Å²) >= 11 is 3.48. The molecule has 2 rings (SSSR count). The molecule has 0 atom stereocenters. The van der Waals surface area contributed by atoms with Crippen LogP contribution in [0.2, 0.25) is 0 Å². The molecular formula is C18H21BrN2O. The van der Waals surface area contributed by atoms with Gasteiger partial charge in [-0.1, -0.05) is 52.3 Å². The van der Waals surface area contributed by atoms with Gasteiger partial charge in [0, 0.05) is 29.7 Å². The molecule has 0 aromatic heterocycles. The number of hydrogen-bond donors (Lipinski definition) is 1. The van der Waals surface area contributed by atoms with Crippen LogP contribution in [-0.4, -0.2) is 30.4 Å². The first kappa shape index (κ1) is 16.7. The number of benzene rings is 2. The second-order valence-electron chi connectivity index (χ2n) is 5.23. The molecule has 0 radical (unpaired) electrons. The lowest BCUT2D eigenvalue weighted by Gasteiger charge is -2.23. The zero-order valence-corrected chi connectivity index (χ0v) is 14.3. The average molecular weight is 361 g/mol. The number of halogens is 1. The molecule has 0 saturated carbocycles. The fourth-order valence-electron chi connectivity index (χ4n) is 2.39. The van der Waals surface area contributed by atoms with Gasteiger partial charge in [0.1, 0.15) is 0 Å². The zero-order chi connectivity index (χ0) is 15.9. The summed E-state index contributed by atoms with van der Waals surface area (Å²) in [5.41, 5.74) is 8.60. The Morgan fingerprint density at radius 3 is 2.50 bits per heavy atom. The predicted molar refractivity (Wildman–Crippen MR) is 94.0 cm³/mol. The maximum atomic E-state index is 12.8. The number of amides is 1. The number of nitrogens with two attached hydrogens (primary N) is 1. The highest BCUT2D eigenvalue weighted by Gasteiger charge is 2.17. The Balaban J connectivity index is 2.13. The minimum absolute atomic E-state index is 0.0418. The number of nitrogens with zero attached hydrogens (tertiary/aromatic N) is 1. The monoisotopic (exact) mass is 360 g/mol. The Bertz CT molecular complexity index is 628. The zero-order valence-electron chi connectivity index (χ0n) is 12.8. The number of rotatable bonds is 6. The average Bonchev–Trinajstić information content (AvgIpc) is 2.54. The molecule has 3 nitrogen and oxygen atoms in total. The van der Waals surface area contributed by atoms with Crippen molar-refractivity contribution in [3.8, 4) is 0 Å². The van der Waals surface area contributed by atoms with Crippen molar-refractivity contribution in [1.82, 2.24) is 4.90 Å². The smallest absolute Gasteiger partial charge is 0.254 e. The summed E-state index contributed by atoms with van der Waals surface area (Å²) in [5, 5.41) is 0. The molecule has 0 fully saturated rings. The van der Waals surface area contributed by atoms with Crippen molar-refractivity contribution >= 4 is 21.8 Å². The van der Waals surface area contributed by atoms with Gasteiger partial charge in [0.25, 0.3) is 5.91 Å². The van der Waals surface area contributed by atoms with Crippen molar-refractivity contribution < 1.29 is 4.79 Å². The molecule has 0 unspecified atom stereocenters. The lowest BCUT2D eigenvalue weighted by atomic mass is 10.1. The number of carbonyl (C=O) groups is 1. The van der Waals surface area contributed by atoms with E-state index in [4.69, 9.17) is 5.73 Å². The number of hydrogen-bond acceptors (Lipinski definition) is 2. The fourth-order valence-corrected chi connectivity index (χ4v) is 2.76. The van der Waals surface area contributed by atoms with E-state index in [-0.39, 0.29) is 5.91 Å². The van der Waals surface area contributed by atoms with Crippen LogP contribution >= 0.6 is 15.9 Å². The van der Waals surface area contributed by atoms with E-state index in [0.717, 1.165) is 22.0 Å². The van der Waals surface area contributed by atoms with Crippen LogP contribution in [0.15, 0.2) is 53.0 Å². The van der Waals surface area contributed by atoms with Gasteiger partial charge in [-0.2, -0.15) is 0 Å². The van der Waals surface area contributed by atoms with Crippen molar-refractivity contribution in [1.29, 1.82) is 0 Å². The van der Waals surface area contributed by atoms with Crippen LogP contribution in [-0.2, 0) is 6.42 Å². The van der Waals surface area contributed by atoms with Crippen molar-refractivity contribution in [3.05, 3.63) is 69.7 Å². The normalized spacial score (nSPS) is 10.5.